The van der Waals surface area contributed by atoms with Crippen LogP contribution < -0.4 is 14.9 Å². The zero-order chi connectivity index (χ0) is 24.6. The molecule has 7 nitrogen and oxygen atoms in total. The number of hydrazone groups is 1. The monoisotopic (exact) mass is 531 g/mol. The highest BCUT2D eigenvalue weighted by molar-refractivity contribution is 9.10. The number of hydrogen-bond acceptors (Lipinski definition) is 5. The van der Waals surface area contributed by atoms with E-state index in [9.17, 15) is 9.59 Å². The van der Waals surface area contributed by atoms with Gasteiger partial charge in [0.05, 0.1) is 34.1 Å². The molecule has 0 atom stereocenters. The zero-order valence-electron chi connectivity index (χ0n) is 18.9. The first-order valence-corrected chi connectivity index (χ1v) is 11.7. The molecule has 0 bridgehead atoms. The highest BCUT2D eigenvalue weighted by Crippen LogP contribution is 2.37. The average molecular weight is 532 g/mol. The molecule has 176 valence electrons. The Hall–Kier alpha value is -4.17. The normalized spacial score (nSPS) is 10.8. The number of para-hydroxylation sites is 1. The number of esters is 1. The van der Waals surface area contributed by atoms with E-state index in [-0.39, 0.29) is 11.7 Å². The maximum absolute atomic E-state index is 12.8. The Morgan fingerprint density at radius 1 is 1.00 bits per heavy atom. The Labute approximate surface area is 211 Å². The van der Waals surface area contributed by atoms with Gasteiger partial charge in [0, 0.05) is 12.4 Å². The van der Waals surface area contributed by atoms with Crippen molar-refractivity contribution < 1.29 is 19.1 Å². The summed E-state index contributed by atoms with van der Waals surface area (Å²) >= 11 is 3.45. The molecule has 0 spiro atoms. The summed E-state index contributed by atoms with van der Waals surface area (Å²) in [5.74, 6) is -0.204. The number of halogens is 1. The number of benzene rings is 3. The molecule has 35 heavy (non-hydrogen) atoms. The van der Waals surface area contributed by atoms with Crippen LogP contribution in [0.2, 0.25) is 0 Å². The summed E-state index contributed by atoms with van der Waals surface area (Å²) in [4.78, 5) is 25.3. The Kier molecular flexibility index (Phi) is 7.74. The zero-order valence-corrected chi connectivity index (χ0v) is 20.4. The van der Waals surface area contributed by atoms with Gasteiger partial charge in [0.2, 0.25) is 0 Å². The first-order valence-electron chi connectivity index (χ1n) is 10.9. The molecule has 4 aromatic rings. The summed E-state index contributed by atoms with van der Waals surface area (Å²) < 4.78 is 13.7. The lowest BCUT2D eigenvalue weighted by Crippen LogP contribution is -2.19. The molecule has 0 unspecified atom stereocenters. The van der Waals surface area contributed by atoms with Crippen LogP contribution >= 0.6 is 15.9 Å². The maximum atomic E-state index is 12.8. The van der Waals surface area contributed by atoms with E-state index in [1.165, 1.54) is 6.21 Å². The first-order chi connectivity index (χ1) is 17.1. The standard InChI is InChI=1S/C27H22BrN3O4/c1-2-34-24-17-19(16-22(28)25(24)35-27(33)20-10-4-3-5-11-20)18-29-30-26(32)21-12-6-7-13-23(21)31-14-8-9-15-31/h3-18H,2H2,1H3,(H,30,32)/b29-18-. The lowest BCUT2D eigenvalue weighted by molar-refractivity contribution is 0.0726. The van der Waals surface area contributed by atoms with Crippen LogP contribution in [0.3, 0.4) is 0 Å². The van der Waals surface area contributed by atoms with E-state index in [1.54, 1.807) is 48.5 Å². The summed E-state index contributed by atoms with van der Waals surface area (Å²) in [6.07, 6.45) is 5.23. The minimum atomic E-state index is -0.498. The highest BCUT2D eigenvalue weighted by Gasteiger charge is 2.17. The van der Waals surface area contributed by atoms with Crippen molar-refractivity contribution in [2.24, 2.45) is 5.10 Å². The Bertz CT molecular complexity index is 1350. The van der Waals surface area contributed by atoms with Gasteiger partial charge >= 0.3 is 5.97 Å². The number of nitrogens with zero attached hydrogens (tertiary/aromatic N) is 2. The third kappa shape index (κ3) is 5.85. The number of aromatic nitrogens is 1. The van der Waals surface area contributed by atoms with E-state index in [1.807, 2.05) is 54.2 Å². The van der Waals surface area contributed by atoms with Gasteiger partial charge in [-0.1, -0.05) is 30.3 Å². The van der Waals surface area contributed by atoms with Crippen LogP contribution in [-0.4, -0.2) is 29.3 Å². The van der Waals surface area contributed by atoms with Crippen molar-refractivity contribution in [3.05, 3.63) is 112 Å². The van der Waals surface area contributed by atoms with Crippen molar-refractivity contribution in [3.63, 3.8) is 0 Å². The van der Waals surface area contributed by atoms with Gasteiger partial charge in [-0.25, -0.2) is 10.2 Å². The number of ether oxygens (including phenoxy) is 2. The number of carbonyl (C=O) groups excluding carboxylic acids is 2. The van der Waals surface area contributed by atoms with E-state index in [0.29, 0.717) is 33.5 Å². The van der Waals surface area contributed by atoms with Crippen LogP contribution in [-0.2, 0) is 0 Å². The predicted octanol–water partition coefficient (Wildman–Crippen LogP) is 5.62. The lowest BCUT2D eigenvalue weighted by Gasteiger charge is -2.13. The fraction of sp³-hybridized carbons (Fsp3) is 0.0741. The van der Waals surface area contributed by atoms with Crippen LogP contribution in [0.4, 0.5) is 0 Å². The van der Waals surface area contributed by atoms with E-state index in [4.69, 9.17) is 9.47 Å². The van der Waals surface area contributed by atoms with E-state index >= 15 is 0 Å². The van der Waals surface area contributed by atoms with Crippen LogP contribution in [0.25, 0.3) is 5.69 Å². The van der Waals surface area contributed by atoms with Crippen LogP contribution in [0, 0.1) is 0 Å². The van der Waals surface area contributed by atoms with Gasteiger partial charge in [-0.3, -0.25) is 4.79 Å². The average Bonchev–Trinajstić information content (AvgIpc) is 3.41. The molecule has 1 N–H and O–H groups in total. The molecular weight excluding hydrogens is 510 g/mol. The molecule has 0 saturated heterocycles. The highest BCUT2D eigenvalue weighted by atomic mass is 79.9. The SMILES string of the molecule is CCOc1cc(/C=N\NC(=O)c2ccccc2-n2cccc2)cc(Br)c1OC(=O)c1ccccc1. The van der Waals surface area contributed by atoms with Crippen LogP contribution in [0.15, 0.2) is 101 Å². The van der Waals surface area contributed by atoms with E-state index in [2.05, 4.69) is 26.5 Å². The third-order valence-electron chi connectivity index (χ3n) is 4.95. The number of nitrogens with one attached hydrogen (secondary N) is 1. The minimum absolute atomic E-state index is 0.266. The molecule has 1 amide bonds. The topological polar surface area (TPSA) is 81.9 Å². The fourth-order valence-corrected chi connectivity index (χ4v) is 3.90. The van der Waals surface area contributed by atoms with Crippen molar-refractivity contribution >= 4 is 34.0 Å². The van der Waals surface area contributed by atoms with Crippen molar-refractivity contribution in [1.82, 2.24) is 9.99 Å². The third-order valence-corrected chi connectivity index (χ3v) is 5.54. The van der Waals surface area contributed by atoms with Gasteiger partial charge in [0.25, 0.3) is 5.91 Å². The molecule has 1 aromatic heterocycles. The van der Waals surface area contributed by atoms with Crippen LogP contribution in [0.5, 0.6) is 11.5 Å². The smallest absolute Gasteiger partial charge is 0.343 e. The van der Waals surface area contributed by atoms with Crippen molar-refractivity contribution in [2.75, 3.05) is 6.61 Å². The van der Waals surface area contributed by atoms with Crippen LogP contribution in [0.1, 0.15) is 33.2 Å². The van der Waals surface area contributed by atoms with Gasteiger partial charge < -0.3 is 14.0 Å². The van der Waals surface area contributed by atoms with Gasteiger partial charge in [-0.05, 0) is 76.9 Å². The van der Waals surface area contributed by atoms with Crippen molar-refractivity contribution in [2.45, 2.75) is 6.92 Å². The molecule has 0 saturated carbocycles. The molecule has 0 radical (unpaired) electrons. The van der Waals surface area contributed by atoms with Crippen molar-refractivity contribution in [1.29, 1.82) is 0 Å². The Morgan fingerprint density at radius 2 is 1.71 bits per heavy atom. The molecule has 0 aliphatic carbocycles. The largest absolute Gasteiger partial charge is 0.490 e. The second-order valence-electron chi connectivity index (χ2n) is 7.33. The summed E-state index contributed by atoms with van der Waals surface area (Å²) in [6, 6.07) is 23.2. The maximum Gasteiger partial charge on any atom is 0.343 e. The number of amides is 1. The van der Waals surface area contributed by atoms with Gasteiger partial charge in [0.1, 0.15) is 0 Å². The second kappa shape index (κ2) is 11.3. The minimum Gasteiger partial charge on any atom is -0.490 e. The fourth-order valence-electron chi connectivity index (χ4n) is 3.36. The van der Waals surface area contributed by atoms with E-state index in [0.717, 1.165) is 5.69 Å². The van der Waals surface area contributed by atoms with Gasteiger partial charge in [-0.2, -0.15) is 5.10 Å². The molecule has 0 aliphatic heterocycles. The summed E-state index contributed by atoms with van der Waals surface area (Å²) in [5.41, 5.74) is 4.86. The summed E-state index contributed by atoms with van der Waals surface area (Å²) in [5, 5.41) is 4.10. The molecular formula is C27H22BrN3O4. The molecule has 0 fully saturated rings. The first kappa shape index (κ1) is 24.0. The number of rotatable bonds is 8. The van der Waals surface area contributed by atoms with E-state index < -0.39 is 5.97 Å². The Balaban J connectivity index is 1.51. The second-order valence-corrected chi connectivity index (χ2v) is 8.18. The summed E-state index contributed by atoms with van der Waals surface area (Å²) in [6.45, 7) is 2.20. The Morgan fingerprint density at radius 3 is 2.46 bits per heavy atom. The van der Waals surface area contributed by atoms with Gasteiger partial charge in [0.15, 0.2) is 11.5 Å². The number of hydrogen-bond donors (Lipinski definition) is 1. The van der Waals surface area contributed by atoms with Crippen molar-refractivity contribution in [3.8, 4) is 17.2 Å². The molecule has 1 heterocycles. The quantitative estimate of drug-likeness (QED) is 0.138. The predicted molar refractivity (Wildman–Crippen MR) is 138 cm³/mol. The molecule has 0 aliphatic rings. The molecule has 8 heteroatoms. The molecule has 3 aromatic carbocycles. The lowest BCUT2D eigenvalue weighted by atomic mass is 10.1. The number of carbonyl (C=O) groups is 2. The summed E-state index contributed by atoms with van der Waals surface area (Å²) in [7, 11) is 0. The van der Waals surface area contributed by atoms with Gasteiger partial charge in [-0.15, -0.1) is 0 Å². The molecule has 4 rings (SSSR count).